The number of carbonyl (C=O) groups is 2. The fourth-order valence-electron chi connectivity index (χ4n) is 3.16. The zero-order valence-corrected chi connectivity index (χ0v) is 15.9. The summed E-state index contributed by atoms with van der Waals surface area (Å²) in [6.07, 6.45) is 0. The maximum atomic E-state index is 12.3. The zero-order chi connectivity index (χ0) is 19.2. The van der Waals surface area contributed by atoms with Crippen molar-refractivity contribution in [2.24, 2.45) is 0 Å². The van der Waals surface area contributed by atoms with E-state index in [9.17, 15) is 9.59 Å². The molecule has 1 heterocycles. The van der Waals surface area contributed by atoms with Gasteiger partial charge in [0.25, 0.3) is 5.91 Å². The molecule has 2 aromatic rings. The highest BCUT2D eigenvalue weighted by molar-refractivity contribution is 5.96. The Morgan fingerprint density at radius 1 is 0.926 bits per heavy atom. The Hall–Kier alpha value is -2.86. The fraction of sp³-hybridized carbons (Fsp3) is 0.333. The van der Waals surface area contributed by atoms with Gasteiger partial charge in [0.05, 0.1) is 6.54 Å². The summed E-state index contributed by atoms with van der Waals surface area (Å²) in [5.74, 6) is -0.0842. The highest BCUT2D eigenvalue weighted by Crippen LogP contribution is 2.16. The number of hydrogen-bond donors (Lipinski definition) is 1. The van der Waals surface area contributed by atoms with Crippen LogP contribution in [-0.2, 0) is 4.79 Å². The summed E-state index contributed by atoms with van der Waals surface area (Å²) in [7, 11) is 3.44. The molecule has 0 spiro atoms. The van der Waals surface area contributed by atoms with Gasteiger partial charge in [0.15, 0.2) is 0 Å². The van der Waals surface area contributed by atoms with Gasteiger partial charge in [-0.25, -0.2) is 0 Å². The molecule has 6 nitrogen and oxygen atoms in total. The number of anilines is 2. The second kappa shape index (κ2) is 8.68. The molecule has 1 fully saturated rings. The van der Waals surface area contributed by atoms with E-state index in [-0.39, 0.29) is 11.8 Å². The van der Waals surface area contributed by atoms with Crippen LogP contribution in [0.3, 0.4) is 0 Å². The molecule has 2 aromatic carbocycles. The van der Waals surface area contributed by atoms with Crippen molar-refractivity contribution in [3.8, 4) is 0 Å². The number of para-hydroxylation sites is 1. The average molecular weight is 366 g/mol. The Morgan fingerprint density at radius 3 is 2.15 bits per heavy atom. The minimum atomic E-state index is -0.0517. The predicted molar refractivity (Wildman–Crippen MR) is 108 cm³/mol. The van der Waals surface area contributed by atoms with E-state index < -0.39 is 0 Å². The smallest absolute Gasteiger partial charge is 0.253 e. The molecule has 1 saturated heterocycles. The van der Waals surface area contributed by atoms with Crippen LogP contribution in [-0.4, -0.2) is 68.4 Å². The Morgan fingerprint density at radius 2 is 1.56 bits per heavy atom. The third-order valence-electron chi connectivity index (χ3n) is 4.68. The SMILES string of the molecule is CN(C)C(=O)c1ccc(NC(=O)CN2CCN(c3ccccc3)CC2)cc1. The maximum absolute atomic E-state index is 12.3. The van der Waals surface area contributed by atoms with Crippen LogP contribution in [0.2, 0.25) is 0 Å². The second-order valence-corrected chi connectivity index (χ2v) is 6.92. The summed E-state index contributed by atoms with van der Waals surface area (Å²) in [5.41, 5.74) is 2.54. The van der Waals surface area contributed by atoms with Crippen LogP contribution < -0.4 is 10.2 Å². The van der Waals surface area contributed by atoms with E-state index in [1.807, 2.05) is 18.2 Å². The zero-order valence-electron chi connectivity index (χ0n) is 15.9. The van der Waals surface area contributed by atoms with Gasteiger partial charge in [0, 0.05) is 57.2 Å². The Balaban J connectivity index is 1.47. The van der Waals surface area contributed by atoms with Crippen LogP contribution in [0.15, 0.2) is 54.6 Å². The van der Waals surface area contributed by atoms with Crippen LogP contribution in [0, 0.1) is 0 Å². The van der Waals surface area contributed by atoms with E-state index in [0.29, 0.717) is 17.8 Å². The van der Waals surface area contributed by atoms with Crippen LogP contribution in [0.1, 0.15) is 10.4 Å². The molecular weight excluding hydrogens is 340 g/mol. The largest absolute Gasteiger partial charge is 0.369 e. The molecule has 0 bridgehead atoms. The first-order chi connectivity index (χ1) is 13.0. The maximum Gasteiger partial charge on any atom is 0.253 e. The lowest BCUT2D eigenvalue weighted by molar-refractivity contribution is -0.117. The number of amides is 2. The number of nitrogens with one attached hydrogen (secondary N) is 1. The first-order valence-electron chi connectivity index (χ1n) is 9.17. The van der Waals surface area contributed by atoms with Crippen molar-refractivity contribution in [1.82, 2.24) is 9.80 Å². The molecule has 0 saturated carbocycles. The summed E-state index contributed by atoms with van der Waals surface area (Å²) in [6, 6.07) is 17.4. The summed E-state index contributed by atoms with van der Waals surface area (Å²) >= 11 is 0. The number of benzene rings is 2. The summed E-state index contributed by atoms with van der Waals surface area (Å²) < 4.78 is 0. The van der Waals surface area contributed by atoms with Crippen molar-refractivity contribution >= 4 is 23.2 Å². The van der Waals surface area contributed by atoms with E-state index >= 15 is 0 Å². The van der Waals surface area contributed by atoms with Crippen molar-refractivity contribution in [2.45, 2.75) is 0 Å². The number of hydrogen-bond acceptors (Lipinski definition) is 4. The topological polar surface area (TPSA) is 55.9 Å². The highest BCUT2D eigenvalue weighted by atomic mass is 16.2. The number of piperazine rings is 1. The normalized spacial score (nSPS) is 14.7. The minimum Gasteiger partial charge on any atom is -0.369 e. The van der Waals surface area contributed by atoms with Gasteiger partial charge in [-0.15, -0.1) is 0 Å². The lowest BCUT2D eigenvalue weighted by Crippen LogP contribution is -2.48. The van der Waals surface area contributed by atoms with Gasteiger partial charge in [-0.2, -0.15) is 0 Å². The van der Waals surface area contributed by atoms with E-state index in [4.69, 9.17) is 0 Å². The molecule has 0 aromatic heterocycles. The number of nitrogens with zero attached hydrogens (tertiary/aromatic N) is 3. The quantitative estimate of drug-likeness (QED) is 0.881. The third kappa shape index (κ3) is 5.08. The molecule has 3 rings (SSSR count). The van der Waals surface area contributed by atoms with Crippen LogP contribution in [0.25, 0.3) is 0 Å². The molecule has 27 heavy (non-hydrogen) atoms. The molecule has 1 aliphatic heterocycles. The van der Waals surface area contributed by atoms with Gasteiger partial charge in [-0.3, -0.25) is 14.5 Å². The average Bonchev–Trinajstić information content (AvgIpc) is 2.69. The standard InChI is InChI=1S/C21H26N4O2/c1-23(2)21(27)17-8-10-18(11-9-17)22-20(26)16-24-12-14-25(15-13-24)19-6-4-3-5-7-19/h3-11H,12-16H2,1-2H3,(H,22,26). The second-order valence-electron chi connectivity index (χ2n) is 6.92. The third-order valence-corrected chi connectivity index (χ3v) is 4.68. The monoisotopic (exact) mass is 366 g/mol. The van der Waals surface area contributed by atoms with Gasteiger partial charge in [0.1, 0.15) is 0 Å². The van der Waals surface area contributed by atoms with Gasteiger partial charge < -0.3 is 15.1 Å². The Bertz CT molecular complexity index is 767. The fourth-order valence-corrected chi connectivity index (χ4v) is 3.16. The molecule has 142 valence electrons. The lowest BCUT2D eigenvalue weighted by Gasteiger charge is -2.35. The van der Waals surface area contributed by atoms with E-state index in [0.717, 1.165) is 26.2 Å². The van der Waals surface area contributed by atoms with Crippen LogP contribution in [0.5, 0.6) is 0 Å². The molecule has 0 unspecified atom stereocenters. The summed E-state index contributed by atoms with van der Waals surface area (Å²) in [5, 5.41) is 2.91. The Kier molecular flexibility index (Phi) is 6.08. The molecule has 0 radical (unpaired) electrons. The molecule has 1 N–H and O–H groups in total. The van der Waals surface area contributed by atoms with E-state index in [2.05, 4.69) is 27.2 Å². The molecule has 0 atom stereocenters. The highest BCUT2D eigenvalue weighted by Gasteiger charge is 2.19. The first kappa shape index (κ1) is 18.9. The van der Waals surface area contributed by atoms with Crippen molar-refractivity contribution in [1.29, 1.82) is 0 Å². The van der Waals surface area contributed by atoms with Gasteiger partial charge >= 0.3 is 0 Å². The number of carbonyl (C=O) groups excluding carboxylic acids is 2. The van der Waals surface area contributed by atoms with Gasteiger partial charge in [-0.05, 0) is 36.4 Å². The molecule has 6 heteroatoms. The van der Waals surface area contributed by atoms with Crippen LogP contribution >= 0.6 is 0 Å². The summed E-state index contributed by atoms with van der Waals surface area (Å²) in [6.45, 7) is 3.93. The molecule has 1 aliphatic rings. The lowest BCUT2D eigenvalue weighted by atomic mass is 10.2. The van der Waals surface area contributed by atoms with Crippen molar-refractivity contribution < 1.29 is 9.59 Å². The van der Waals surface area contributed by atoms with Crippen molar-refractivity contribution in [3.63, 3.8) is 0 Å². The van der Waals surface area contributed by atoms with Crippen molar-refractivity contribution in [2.75, 3.05) is 57.0 Å². The molecule has 0 aliphatic carbocycles. The minimum absolute atomic E-state index is 0.0325. The van der Waals surface area contributed by atoms with Crippen molar-refractivity contribution in [3.05, 3.63) is 60.2 Å². The predicted octanol–water partition coefficient (Wildman–Crippen LogP) is 2.15. The van der Waals surface area contributed by atoms with Gasteiger partial charge in [0.2, 0.25) is 5.91 Å². The number of rotatable bonds is 5. The first-order valence-corrected chi connectivity index (χ1v) is 9.17. The molecular formula is C21H26N4O2. The summed E-state index contributed by atoms with van der Waals surface area (Å²) in [4.78, 5) is 30.3. The van der Waals surface area contributed by atoms with Gasteiger partial charge in [-0.1, -0.05) is 18.2 Å². The molecule has 2 amide bonds. The van der Waals surface area contributed by atoms with Crippen LogP contribution in [0.4, 0.5) is 11.4 Å². The van der Waals surface area contributed by atoms with E-state index in [1.54, 1.807) is 38.4 Å². The van der Waals surface area contributed by atoms with E-state index in [1.165, 1.54) is 10.6 Å². The Labute approximate surface area is 160 Å².